The van der Waals surface area contributed by atoms with Crippen molar-refractivity contribution in [2.75, 3.05) is 13.2 Å². The summed E-state index contributed by atoms with van der Waals surface area (Å²) in [6.45, 7) is 6.62. The molecule has 0 aromatic carbocycles. The predicted molar refractivity (Wildman–Crippen MR) is 312 cm³/mol. The van der Waals surface area contributed by atoms with Crippen LogP contribution in [-0.4, -0.2) is 37.2 Å². The molecule has 0 N–H and O–H groups in total. The molecule has 6 nitrogen and oxygen atoms in total. The third-order valence-corrected chi connectivity index (χ3v) is 14.4. The predicted octanol–water partition coefficient (Wildman–Crippen LogP) is 21.6. The van der Waals surface area contributed by atoms with E-state index in [2.05, 4.69) is 57.2 Å². The van der Waals surface area contributed by atoms with Crippen LogP contribution in [0, 0.1) is 0 Å². The van der Waals surface area contributed by atoms with Gasteiger partial charge in [-0.2, -0.15) is 0 Å². The Bertz CT molecular complexity index is 1210. The van der Waals surface area contributed by atoms with Gasteiger partial charge in [0.25, 0.3) is 0 Å². The molecular weight excluding hydrogens is 889 g/mol. The van der Waals surface area contributed by atoms with Gasteiger partial charge in [-0.15, -0.1) is 0 Å². The summed E-state index contributed by atoms with van der Waals surface area (Å²) in [5.41, 5.74) is 0. The second-order valence-corrected chi connectivity index (χ2v) is 21.7. The Balaban J connectivity index is 4.04. The molecule has 0 saturated heterocycles. The van der Waals surface area contributed by atoms with Gasteiger partial charge in [0.15, 0.2) is 6.10 Å². The van der Waals surface area contributed by atoms with Crippen LogP contribution in [0.2, 0.25) is 0 Å². The molecule has 0 aromatic heterocycles. The number of carbonyl (C=O) groups is 3. The monoisotopic (exact) mass is 1010 g/mol. The van der Waals surface area contributed by atoms with Crippen molar-refractivity contribution in [3.63, 3.8) is 0 Å². The summed E-state index contributed by atoms with van der Waals surface area (Å²) in [6.07, 6.45) is 74.8. The molecule has 0 radical (unpaired) electrons. The molecule has 1 atom stereocenters. The van der Waals surface area contributed by atoms with Crippen molar-refractivity contribution in [3.8, 4) is 0 Å². The van der Waals surface area contributed by atoms with Gasteiger partial charge in [0, 0.05) is 19.3 Å². The van der Waals surface area contributed by atoms with Crippen molar-refractivity contribution >= 4 is 17.9 Å². The molecule has 422 valence electrons. The van der Waals surface area contributed by atoms with Gasteiger partial charge in [0.1, 0.15) is 13.2 Å². The Morgan fingerprint density at radius 1 is 0.278 bits per heavy atom. The van der Waals surface area contributed by atoms with Crippen molar-refractivity contribution < 1.29 is 28.6 Å². The van der Waals surface area contributed by atoms with E-state index in [0.29, 0.717) is 19.3 Å². The van der Waals surface area contributed by atoms with Crippen molar-refractivity contribution in [3.05, 3.63) is 36.5 Å². The van der Waals surface area contributed by atoms with E-state index in [1.807, 2.05) is 0 Å². The van der Waals surface area contributed by atoms with E-state index >= 15 is 0 Å². The van der Waals surface area contributed by atoms with Crippen molar-refractivity contribution in [2.45, 2.75) is 354 Å². The second-order valence-electron chi connectivity index (χ2n) is 21.7. The summed E-state index contributed by atoms with van der Waals surface area (Å²) in [6, 6.07) is 0. The molecule has 1 unspecified atom stereocenters. The summed E-state index contributed by atoms with van der Waals surface area (Å²) in [5, 5.41) is 0. The molecule has 0 aromatic rings. The first kappa shape index (κ1) is 69.6. The van der Waals surface area contributed by atoms with Gasteiger partial charge >= 0.3 is 17.9 Å². The fourth-order valence-electron chi connectivity index (χ4n) is 9.53. The fourth-order valence-corrected chi connectivity index (χ4v) is 9.53. The lowest BCUT2D eigenvalue weighted by molar-refractivity contribution is -0.167. The third kappa shape index (κ3) is 58.5. The Morgan fingerprint density at radius 2 is 0.500 bits per heavy atom. The average molecular weight is 1010 g/mol. The number of allylic oxidation sites excluding steroid dienone is 6. The zero-order valence-corrected chi connectivity index (χ0v) is 48.5. The van der Waals surface area contributed by atoms with Crippen molar-refractivity contribution in [2.24, 2.45) is 0 Å². The lowest BCUT2D eigenvalue weighted by Crippen LogP contribution is -2.30. The van der Waals surface area contributed by atoms with Crippen LogP contribution in [0.15, 0.2) is 36.5 Å². The molecule has 0 fully saturated rings. The van der Waals surface area contributed by atoms with E-state index in [-0.39, 0.29) is 31.1 Å². The van der Waals surface area contributed by atoms with Gasteiger partial charge in [-0.3, -0.25) is 14.4 Å². The maximum Gasteiger partial charge on any atom is 0.306 e. The van der Waals surface area contributed by atoms with E-state index in [0.717, 1.165) is 64.2 Å². The molecule has 0 saturated carbocycles. The van der Waals surface area contributed by atoms with Crippen molar-refractivity contribution in [1.82, 2.24) is 0 Å². The minimum Gasteiger partial charge on any atom is -0.462 e. The van der Waals surface area contributed by atoms with E-state index < -0.39 is 6.10 Å². The molecular formula is C66H122O6. The van der Waals surface area contributed by atoms with E-state index in [1.165, 1.54) is 244 Å². The van der Waals surface area contributed by atoms with Crippen LogP contribution in [0.3, 0.4) is 0 Å². The Labute approximate surface area is 448 Å². The van der Waals surface area contributed by atoms with E-state index in [9.17, 15) is 14.4 Å². The Kier molecular flexibility index (Phi) is 59.2. The quantitative estimate of drug-likeness (QED) is 0.0261. The van der Waals surface area contributed by atoms with Crippen molar-refractivity contribution in [1.29, 1.82) is 0 Å². The standard InChI is InChI=1S/C66H122O6/c1-4-7-10-13-16-18-20-22-24-26-28-30-31-32-33-34-35-37-38-40-42-44-46-48-50-53-56-59-65(68)71-62-63(61-70-64(67)58-55-52-15-12-9-6-3)72-66(69)60-57-54-51-49-47-45-43-41-39-36-29-27-25-23-21-19-17-14-11-8-5-2/h21,23,26-29,63H,4-20,22,24-25,30-62H2,1-3H3/b23-21-,28-26-,29-27-. The van der Waals surface area contributed by atoms with Crippen LogP contribution in [0.25, 0.3) is 0 Å². The highest BCUT2D eigenvalue weighted by Crippen LogP contribution is 2.17. The first-order chi connectivity index (χ1) is 35.5. The maximum atomic E-state index is 12.8. The SMILES string of the molecule is CCCCCCC/C=C\C/C=C\CCCCCCCCCCCC(=O)OC(COC(=O)CCCCCCCC)COC(=O)CCCCCCCCCCCCCCCCC/C=C\CCCCCCCCCC. The van der Waals surface area contributed by atoms with Crippen LogP contribution in [-0.2, 0) is 28.6 Å². The summed E-state index contributed by atoms with van der Waals surface area (Å²) in [5.74, 6) is -0.865. The van der Waals surface area contributed by atoms with E-state index in [4.69, 9.17) is 14.2 Å². The highest BCUT2D eigenvalue weighted by Gasteiger charge is 2.19. The average Bonchev–Trinajstić information content (AvgIpc) is 3.38. The summed E-state index contributed by atoms with van der Waals surface area (Å²) in [4.78, 5) is 38.0. The van der Waals surface area contributed by atoms with Gasteiger partial charge in [0.2, 0.25) is 0 Å². The summed E-state index contributed by atoms with van der Waals surface area (Å²) < 4.78 is 16.8. The third-order valence-electron chi connectivity index (χ3n) is 14.4. The molecule has 0 aliphatic rings. The number of carbonyl (C=O) groups excluding carboxylic acids is 3. The lowest BCUT2D eigenvalue weighted by atomic mass is 10.0. The number of esters is 3. The lowest BCUT2D eigenvalue weighted by Gasteiger charge is -2.18. The van der Waals surface area contributed by atoms with Gasteiger partial charge in [0.05, 0.1) is 0 Å². The zero-order chi connectivity index (χ0) is 52.2. The topological polar surface area (TPSA) is 78.9 Å². The molecule has 0 bridgehead atoms. The minimum atomic E-state index is -0.770. The van der Waals surface area contributed by atoms with Crippen LogP contribution in [0.1, 0.15) is 348 Å². The number of hydrogen-bond acceptors (Lipinski definition) is 6. The van der Waals surface area contributed by atoms with Crippen LogP contribution < -0.4 is 0 Å². The number of ether oxygens (including phenoxy) is 3. The van der Waals surface area contributed by atoms with Crippen LogP contribution in [0.5, 0.6) is 0 Å². The number of rotatable bonds is 59. The number of hydrogen-bond donors (Lipinski definition) is 0. The molecule has 0 aliphatic carbocycles. The molecule has 0 heterocycles. The fraction of sp³-hybridized carbons (Fsp3) is 0.864. The first-order valence-electron chi connectivity index (χ1n) is 32.0. The highest BCUT2D eigenvalue weighted by molar-refractivity contribution is 5.71. The largest absolute Gasteiger partial charge is 0.462 e. The Morgan fingerprint density at radius 3 is 0.778 bits per heavy atom. The normalized spacial score (nSPS) is 12.2. The van der Waals surface area contributed by atoms with Crippen LogP contribution in [0.4, 0.5) is 0 Å². The first-order valence-corrected chi connectivity index (χ1v) is 32.0. The minimum absolute atomic E-state index is 0.0703. The molecule has 72 heavy (non-hydrogen) atoms. The van der Waals surface area contributed by atoms with Gasteiger partial charge in [-0.25, -0.2) is 0 Å². The molecule has 0 aliphatic heterocycles. The van der Waals surface area contributed by atoms with E-state index in [1.54, 1.807) is 0 Å². The summed E-state index contributed by atoms with van der Waals surface area (Å²) in [7, 11) is 0. The zero-order valence-electron chi connectivity index (χ0n) is 48.5. The molecule has 0 amide bonds. The molecule has 6 heteroatoms. The van der Waals surface area contributed by atoms with Gasteiger partial charge < -0.3 is 14.2 Å². The number of unbranched alkanes of at least 4 members (excludes halogenated alkanes) is 42. The second kappa shape index (κ2) is 61.2. The highest BCUT2D eigenvalue weighted by atomic mass is 16.6. The van der Waals surface area contributed by atoms with Gasteiger partial charge in [-0.05, 0) is 77.0 Å². The Hall–Kier alpha value is -2.37. The smallest absolute Gasteiger partial charge is 0.306 e. The van der Waals surface area contributed by atoms with Gasteiger partial charge in [-0.1, -0.05) is 288 Å². The maximum absolute atomic E-state index is 12.8. The molecule has 0 spiro atoms. The van der Waals surface area contributed by atoms with Crippen LogP contribution >= 0.6 is 0 Å². The molecule has 0 rings (SSSR count). The summed E-state index contributed by atoms with van der Waals surface area (Å²) >= 11 is 0.